The summed E-state index contributed by atoms with van der Waals surface area (Å²) >= 11 is 1.65. The first-order valence-electron chi connectivity index (χ1n) is 14.5. The van der Waals surface area contributed by atoms with Crippen molar-refractivity contribution in [2.45, 2.75) is 115 Å². The van der Waals surface area contributed by atoms with Crippen molar-refractivity contribution in [3.63, 3.8) is 0 Å². The van der Waals surface area contributed by atoms with Gasteiger partial charge in [0.25, 0.3) is 0 Å². The highest BCUT2D eigenvalue weighted by Crippen LogP contribution is 2.66. The van der Waals surface area contributed by atoms with Crippen LogP contribution in [0.1, 0.15) is 96.3 Å². The molecular formula is C32H48O2SSi. The lowest BCUT2D eigenvalue weighted by Gasteiger charge is -2.58. The van der Waals surface area contributed by atoms with Gasteiger partial charge < -0.3 is 4.43 Å². The largest absolute Gasteiger partial charge is 0.414 e. The first-order valence-corrected chi connectivity index (χ1v) is 18.3. The van der Waals surface area contributed by atoms with Crippen LogP contribution in [-0.2, 0) is 4.43 Å². The summed E-state index contributed by atoms with van der Waals surface area (Å²) in [5.41, 5.74) is 3.21. The predicted octanol–water partition coefficient (Wildman–Crippen LogP) is 9.28. The van der Waals surface area contributed by atoms with E-state index in [0.717, 1.165) is 29.7 Å². The Balaban J connectivity index is 1.30. The molecule has 3 saturated carbocycles. The van der Waals surface area contributed by atoms with Gasteiger partial charge in [0.15, 0.2) is 8.32 Å². The van der Waals surface area contributed by atoms with Gasteiger partial charge in [-0.05, 0) is 98.1 Å². The highest BCUT2D eigenvalue weighted by molar-refractivity contribution is 8.14. The Labute approximate surface area is 225 Å². The Bertz CT molecular complexity index is 1010. The lowest BCUT2D eigenvalue weighted by molar-refractivity contribution is -0.0334. The van der Waals surface area contributed by atoms with Crippen molar-refractivity contribution in [2.75, 3.05) is 0 Å². The average molecular weight is 525 g/mol. The van der Waals surface area contributed by atoms with Crippen LogP contribution in [0.3, 0.4) is 0 Å². The fourth-order valence-electron chi connectivity index (χ4n) is 8.24. The van der Waals surface area contributed by atoms with Gasteiger partial charge in [0.05, 0.1) is 0 Å². The van der Waals surface area contributed by atoms with Crippen LogP contribution in [0.4, 0.5) is 0 Å². The molecule has 36 heavy (non-hydrogen) atoms. The van der Waals surface area contributed by atoms with E-state index in [2.05, 4.69) is 53.8 Å². The van der Waals surface area contributed by atoms with Gasteiger partial charge in [-0.25, -0.2) is 0 Å². The minimum absolute atomic E-state index is 0.266. The Hall–Kier alpha value is -0.843. The van der Waals surface area contributed by atoms with Crippen LogP contribution >= 0.6 is 11.8 Å². The molecule has 0 aromatic heterocycles. The highest BCUT2D eigenvalue weighted by Gasteiger charge is 2.59. The zero-order valence-electron chi connectivity index (χ0n) is 23.7. The summed E-state index contributed by atoms with van der Waals surface area (Å²) in [4.78, 5) is 13.1. The summed E-state index contributed by atoms with van der Waals surface area (Å²) < 4.78 is 6.91. The second-order valence-corrected chi connectivity index (χ2v) is 20.3. The molecule has 0 saturated heterocycles. The standard InChI is InChI=1S/C32H48O2SSi/c1-30(2,3)36(6,7)34-24-17-19-31(4)23(21-24)13-14-25-26-15-16-28(32(26,5)20-18-27(25)31)35-29(33)22-11-9-8-10-12-22/h8-13,24-28H,14-21H2,1-7H3/t24-,25+,26-,27-,28-,31-,32-/m0/s1. The van der Waals surface area contributed by atoms with Crippen molar-refractivity contribution in [1.82, 2.24) is 0 Å². The number of rotatable bonds is 4. The van der Waals surface area contributed by atoms with Crippen molar-refractivity contribution in [2.24, 2.45) is 28.6 Å². The maximum atomic E-state index is 13.1. The Morgan fingerprint density at radius 2 is 1.72 bits per heavy atom. The van der Waals surface area contributed by atoms with Crippen molar-refractivity contribution in [3.05, 3.63) is 47.5 Å². The van der Waals surface area contributed by atoms with Crippen LogP contribution in [0.2, 0.25) is 18.1 Å². The fraction of sp³-hybridized carbons (Fsp3) is 0.719. The molecule has 3 fully saturated rings. The molecule has 0 aliphatic heterocycles. The normalized spacial score (nSPS) is 38.5. The highest BCUT2D eigenvalue weighted by atomic mass is 32.2. The summed E-state index contributed by atoms with van der Waals surface area (Å²) in [7, 11) is -1.74. The van der Waals surface area contributed by atoms with Crippen molar-refractivity contribution in [1.29, 1.82) is 0 Å². The first-order chi connectivity index (χ1) is 16.8. The Kier molecular flexibility index (Phi) is 7.00. The van der Waals surface area contributed by atoms with Crippen molar-refractivity contribution in [3.8, 4) is 0 Å². The molecule has 198 valence electrons. The van der Waals surface area contributed by atoms with Crippen LogP contribution in [0.5, 0.6) is 0 Å². The van der Waals surface area contributed by atoms with Gasteiger partial charge in [0.2, 0.25) is 5.12 Å². The topological polar surface area (TPSA) is 26.3 Å². The molecule has 0 heterocycles. The molecule has 5 rings (SSSR count). The van der Waals surface area contributed by atoms with E-state index in [0.29, 0.717) is 22.2 Å². The number of benzene rings is 1. The number of carbonyl (C=O) groups excluding carboxylic acids is 1. The molecule has 4 heteroatoms. The van der Waals surface area contributed by atoms with E-state index < -0.39 is 8.32 Å². The maximum absolute atomic E-state index is 13.1. The second kappa shape index (κ2) is 9.41. The van der Waals surface area contributed by atoms with E-state index in [1.165, 1.54) is 44.9 Å². The zero-order valence-corrected chi connectivity index (χ0v) is 25.5. The predicted molar refractivity (Wildman–Crippen MR) is 156 cm³/mol. The molecule has 4 aliphatic carbocycles. The summed E-state index contributed by atoms with van der Waals surface area (Å²) in [6, 6.07) is 9.91. The molecule has 0 radical (unpaired) electrons. The van der Waals surface area contributed by atoms with Crippen molar-refractivity contribution < 1.29 is 9.22 Å². The molecule has 0 amide bonds. The van der Waals surface area contributed by atoms with Crippen molar-refractivity contribution >= 4 is 25.2 Å². The Morgan fingerprint density at radius 3 is 2.42 bits per heavy atom. The maximum Gasteiger partial charge on any atom is 0.219 e. The molecule has 1 aromatic rings. The van der Waals surface area contributed by atoms with Crippen LogP contribution in [0.25, 0.3) is 0 Å². The van der Waals surface area contributed by atoms with E-state index in [9.17, 15) is 4.79 Å². The lowest BCUT2D eigenvalue weighted by atomic mass is 9.48. The molecule has 0 unspecified atom stereocenters. The molecule has 4 aliphatic rings. The van der Waals surface area contributed by atoms with Gasteiger partial charge in [0.1, 0.15) is 0 Å². The zero-order chi connectivity index (χ0) is 25.9. The average Bonchev–Trinajstić information content (AvgIpc) is 3.15. The van der Waals surface area contributed by atoms with Crippen LogP contribution in [0.15, 0.2) is 42.0 Å². The smallest absolute Gasteiger partial charge is 0.219 e. The third kappa shape index (κ3) is 4.51. The lowest BCUT2D eigenvalue weighted by Crippen LogP contribution is -2.52. The summed E-state index contributed by atoms with van der Waals surface area (Å²) in [6.07, 6.45) is 13.1. The first kappa shape index (κ1) is 26.8. The molecule has 0 N–H and O–H groups in total. The van der Waals surface area contributed by atoms with Gasteiger partial charge in [-0.3, -0.25) is 4.79 Å². The number of hydrogen-bond acceptors (Lipinski definition) is 3. The molecule has 0 spiro atoms. The van der Waals surface area contributed by atoms with E-state index in [1.807, 2.05) is 30.3 Å². The van der Waals surface area contributed by atoms with E-state index >= 15 is 0 Å². The second-order valence-electron chi connectivity index (χ2n) is 14.4. The van der Waals surface area contributed by atoms with Gasteiger partial charge >= 0.3 is 0 Å². The number of fused-ring (bicyclic) bond motifs is 5. The summed E-state index contributed by atoms with van der Waals surface area (Å²) in [5, 5.41) is 0.998. The third-order valence-electron chi connectivity index (χ3n) is 11.5. The quantitative estimate of drug-likeness (QED) is 0.290. The molecule has 0 bridgehead atoms. The van der Waals surface area contributed by atoms with Gasteiger partial charge in [-0.1, -0.05) is 88.4 Å². The summed E-state index contributed by atoms with van der Waals surface area (Å²) in [5.74, 6) is 2.35. The van der Waals surface area contributed by atoms with Gasteiger partial charge in [-0.2, -0.15) is 0 Å². The minimum atomic E-state index is -1.74. The SMILES string of the molecule is CC(C)(C)[Si](C)(C)O[C@H]1CC[C@@]2(C)C(=CC[C@@H]3[C@@H]4CC[C@H](SC(=O)c5ccccc5)[C@@]4(C)CC[C@@H]32)C1. The van der Waals surface area contributed by atoms with Gasteiger partial charge in [-0.15, -0.1) is 0 Å². The van der Waals surface area contributed by atoms with E-state index in [1.54, 1.807) is 17.3 Å². The van der Waals surface area contributed by atoms with Gasteiger partial charge in [0, 0.05) is 16.9 Å². The van der Waals surface area contributed by atoms with E-state index in [4.69, 9.17) is 4.43 Å². The molecule has 2 nitrogen and oxygen atoms in total. The van der Waals surface area contributed by atoms with Crippen LogP contribution < -0.4 is 0 Å². The molecular weight excluding hydrogens is 477 g/mol. The minimum Gasteiger partial charge on any atom is -0.414 e. The number of carbonyl (C=O) groups is 1. The molecule has 1 aromatic carbocycles. The van der Waals surface area contributed by atoms with E-state index in [-0.39, 0.29) is 10.2 Å². The fourth-order valence-corrected chi connectivity index (χ4v) is 11.0. The molecule has 7 atom stereocenters. The summed E-state index contributed by atoms with van der Waals surface area (Å²) in [6.45, 7) is 17.0. The third-order valence-corrected chi connectivity index (χ3v) is 17.5. The number of allylic oxidation sites excluding steroid dienone is 1. The number of hydrogen-bond donors (Lipinski definition) is 0. The number of thioether (sulfide) groups is 1. The van der Waals surface area contributed by atoms with Crippen LogP contribution in [-0.4, -0.2) is 24.8 Å². The van der Waals surface area contributed by atoms with Crippen LogP contribution in [0, 0.1) is 28.6 Å². The Morgan fingerprint density at radius 1 is 1.00 bits per heavy atom. The monoisotopic (exact) mass is 524 g/mol.